The van der Waals surface area contributed by atoms with Crippen LogP contribution in [0.15, 0.2) is 24.3 Å². The van der Waals surface area contributed by atoms with Crippen LogP contribution in [0.3, 0.4) is 0 Å². The van der Waals surface area contributed by atoms with Crippen molar-refractivity contribution >= 4 is 5.97 Å². The van der Waals surface area contributed by atoms with E-state index in [2.05, 4.69) is 6.92 Å². The third-order valence-corrected chi connectivity index (χ3v) is 3.58. The number of methoxy groups -OCH3 is 1. The number of carbonyl (C=O) groups excluding carboxylic acids is 1. The van der Waals surface area contributed by atoms with Crippen LogP contribution in [0.25, 0.3) is 0 Å². The predicted molar refractivity (Wildman–Crippen MR) is 85.2 cm³/mol. The molecule has 118 valence electrons. The monoisotopic (exact) mass is 292 g/mol. The minimum atomic E-state index is -0.210. The first-order valence-corrected chi connectivity index (χ1v) is 7.99. The van der Waals surface area contributed by atoms with Gasteiger partial charge in [0.2, 0.25) is 0 Å². The first-order valence-electron chi connectivity index (χ1n) is 7.99. The van der Waals surface area contributed by atoms with Crippen LogP contribution in [-0.2, 0) is 27.3 Å². The van der Waals surface area contributed by atoms with E-state index >= 15 is 0 Å². The summed E-state index contributed by atoms with van der Waals surface area (Å²) in [6.07, 6.45) is 7.92. The topological polar surface area (TPSA) is 35.5 Å². The van der Waals surface area contributed by atoms with Gasteiger partial charge in [-0.1, -0.05) is 63.3 Å². The summed E-state index contributed by atoms with van der Waals surface area (Å²) in [7, 11) is 1.42. The largest absolute Gasteiger partial charge is 0.469 e. The van der Waals surface area contributed by atoms with Crippen molar-refractivity contribution in [2.24, 2.45) is 0 Å². The second-order valence-corrected chi connectivity index (χ2v) is 5.34. The number of benzene rings is 1. The molecule has 1 rings (SSSR count). The standard InChI is InChI=1S/C18H28O3/c1-3-4-5-6-7-10-13-21-15-17-12-9-8-11-16(17)14-18(19)20-2/h8-9,11-12H,3-7,10,13-15H2,1-2H3. The minimum Gasteiger partial charge on any atom is -0.469 e. The first kappa shape index (κ1) is 17.7. The lowest BCUT2D eigenvalue weighted by molar-refractivity contribution is -0.139. The lowest BCUT2D eigenvalue weighted by Gasteiger charge is -2.09. The molecule has 0 radical (unpaired) electrons. The summed E-state index contributed by atoms with van der Waals surface area (Å²) >= 11 is 0. The quantitative estimate of drug-likeness (QED) is 0.451. The van der Waals surface area contributed by atoms with Gasteiger partial charge in [-0.15, -0.1) is 0 Å². The van der Waals surface area contributed by atoms with Crippen molar-refractivity contribution in [1.82, 2.24) is 0 Å². The van der Waals surface area contributed by atoms with Crippen LogP contribution in [0.2, 0.25) is 0 Å². The van der Waals surface area contributed by atoms with Gasteiger partial charge in [0.05, 0.1) is 20.1 Å². The van der Waals surface area contributed by atoms with E-state index in [0.29, 0.717) is 13.0 Å². The van der Waals surface area contributed by atoms with E-state index in [0.717, 1.165) is 24.2 Å². The fourth-order valence-corrected chi connectivity index (χ4v) is 2.27. The highest BCUT2D eigenvalue weighted by atomic mass is 16.5. The normalized spacial score (nSPS) is 10.6. The Labute approximate surface area is 128 Å². The Bertz CT molecular complexity index is 401. The van der Waals surface area contributed by atoms with Crippen molar-refractivity contribution in [2.75, 3.05) is 13.7 Å². The molecule has 0 fully saturated rings. The molecule has 0 spiro atoms. The minimum absolute atomic E-state index is 0.210. The first-order chi connectivity index (χ1) is 10.3. The number of hydrogen-bond donors (Lipinski definition) is 0. The van der Waals surface area contributed by atoms with Crippen molar-refractivity contribution in [2.45, 2.75) is 58.5 Å². The van der Waals surface area contributed by atoms with Crippen molar-refractivity contribution < 1.29 is 14.3 Å². The molecule has 0 N–H and O–H groups in total. The summed E-state index contributed by atoms with van der Waals surface area (Å²) < 4.78 is 10.4. The maximum absolute atomic E-state index is 11.4. The fraction of sp³-hybridized carbons (Fsp3) is 0.611. The van der Waals surface area contributed by atoms with Gasteiger partial charge in [-0.05, 0) is 17.5 Å². The summed E-state index contributed by atoms with van der Waals surface area (Å²) in [4.78, 5) is 11.4. The summed E-state index contributed by atoms with van der Waals surface area (Å²) in [5, 5.41) is 0. The molecule has 3 heteroatoms. The smallest absolute Gasteiger partial charge is 0.309 e. The van der Waals surface area contributed by atoms with Gasteiger partial charge in [-0.3, -0.25) is 4.79 Å². The highest BCUT2D eigenvalue weighted by Crippen LogP contribution is 2.12. The van der Waals surface area contributed by atoms with Crippen molar-refractivity contribution in [3.05, 3.63) is 35.4 Å². The molecule has 0 saturated carbocycles. The average molecular weight is 292 g/mol. The van der Waals surface area contributed by atoms with Gasteiger partial charge in [0.25, 0.3) is 0 Å². The molecule has 0 aromatic heterocycles. The van der Waals surface area contributed by atoms with E-state index in [1.807, 2.05) is 24.3 Å². The zero-order valence-electron chi connectivity index (χ0n) is 13.4. The average Bonchev–Trinajstić information content (AvgIpc) is 2.51. The van der Waals surface area contributed by atoms with Crippen molar-refractivity contribution in [1.29, 1.82) is 0 Å². The maximum atomic E-state index is 11.4. The van der Waals surface area contributed by atoms with E-state index in [-0.39, 0.29) is 5.97 Å². The van der Waals surface area contributed by atoms with Gasteiger partial charge < -0.3 is 9.47 Å². The Morgan fingerprint density at radius 3 is 2.38 bits per heavy atom. The zero-order chi connectivity index (χ0) is 15.3. The number of carbonyl (C=O) groups is 1. The van der Waals surface area contributed by atoms with Gasteiger partial charge in [-0.25, -0.2) is 0 Å². The van der Waals surface area contributed by atoms with E-state index in [4.69, 9.17) is 9.47 Å². The molecule has 21 heavy (non-hydrogen) atoms. The highest BCUT2D eigenvalue weighted by molar-refractivity contribution is 5.72. The molecule has 0 saturated heterocycles. The van der Waals surface area contributed by atoms with Crippen LogP contribution < -0.4 is 0 Å². The molecule has 0 bridgehead atoms. The maximum Gasteiger partial charge on any atom is 0.309 e. The second kappa shape index (κ2) is 11.3. The second-order valence-electron chi connectivity index (χ2n) is 5.34. The lowest BCUT2D eigenvalue weighted by atomic mass is 10.1. The molecule has 0 amide bonds. The van der Waals surface area contributed by atoms with Gasteiger partial charge >= 0.3 is 5.97 Å². The Morgan fingerprint density at radius 1 is 1.00 bits per heavy atom. The number of hydrogen-bond acceptors (Lipinski definition) is 3. The molecular formula is C18H28O3. The summed E-state index contributed by atoms with van der Waals surface area (Å²) in [6.45, 7) is 3.59. The van der Waals surface area contributed by atoms with E-state index < -0.39 is 0 Å². The fourth-order valence-electron chi connectivity index (χ4n) is 2.27. The zero-order valence-corrected chi connectivity index (χ0v) is 13.4. The summed E-state index contributed by atoms with van der Waals surface area (Å²) in [5.41, 5.74) is 2.07. The molecule has 0 unspecified atom stereocenters. The number of unbranched alkanes of at least 4 members (excludes halogenated alkanes) is 5. The third-order valence-electron chi connectivity index (χ3n) is 3.58. The van der Waals surface area contributed by atoms with E-state index in [9.17, 15) is 4.79 Å². The molecular weight excluding hydrogens is 264 g/mol. The van der Waals surface area contributed by atoms with Crippen LogP contribution in [0.1, 0.15) is 56.6 Å². The van der Waals surface area contributed by atoms with Gasteiger partial charge in [-0.2, -0.15) is 0 Å². The van der Waals surface area contributed by atoms with Crippen molar-refractivity contribution in [3.8, 4) is 0 Å². The number of ether oxygens (including phenoxy) is 2. The number of esters is 1. The molecule has 3 nitrogen and oxygen atoms in total. The van der Waals surface area contributed by atoms with Crippen LogP contribution >= 0.6 is 0 Å². The van der Waals surface area contributed by atoms with E-state index in [1.165, 1.54) is 39.2 Å². The Hall–Kier alpha value is -1.35. The number of rotatable bonds is 11. The molecule has 0 aliphatic rings. The third kappa shape index (κ3) is 7.86. The summed E-state index contributed by atoms with van der Waals surface area (Å²) in [6, 6.07) is 7.89. The molecule has 0 aliphatic heterocycles. The summed E-state index contributed by atoms with van der Waals surface area (Å²) in [5.74, 6) is -0.210. The van der Waals surface area contributed by atoms with Crippen molar-refractivity contribution in [3.63, 3.8) is 0 Å². The molecule has 0 atom stereocenters. The van der Waals surface area contributed by atoms with Gasteiger partial charge in [0.1, 0.15) is 0 Å². The van der Waals surface area contributed by atoms with Crippen LogP contribution in [0.4, 0.5) is 0 Å². The SMILES string of the molecule is CCCCCCCCOCc1ccccc1CC(=O)OC. The van der Waals surface area contributed by atoms with Gasteiger partial charge in [0.15, 0.2) is 0 Å². The highest BCUT2D eigenvalue weighted by Gasteiger charge is 2.07. The van der Waals surface area contributed by atoms with Crippen LogP contribution in [-0.4, -0.2) is 19.7 Å². The Kier molecular flexibility index (Phi) is 9.55. The van der Waals surface area contributed by atoms with E-state index in [1.54, 1.807) is 0 Å². The lowest BCUT2D eigenvalue weighted by Crippen LogP contribution is -2.07. The predicted octanol–water partition coefficient (Wildman–Crippen LogP) is 4.28. The van der Waals surface area contributed by atoms with Crippen LogP contribution in [0, 0.1) is 0 Å². The Balaban J connectivity index is 2.24. The van der Waals surface area contributed by atoms with Gasteiger partial charge in [0, 0.05) is 6.61 Å². The molecule has 0 aliphatic carbocycles. The molecule has 0 heterocycles. The molecule has 1 aromatic carbocycles. The van der Waals surface area contributed by atoms with Crippen LogP contribution in [0.5, 0.6) is 0 Å². The Morgan fingerprint density at radius 2 is 1.67 bits per heavy atom. The molecule has 1 aromatic rings.